The van der Waals surface area contributed by atoms with Crippen LogP contribution in [0, 0.1) is 0 Å². The molecule has 2 aliphatic rings. The fraction of sp³-hybridized carbons (Fsp3) is 0.556. The third-order valence-electron chi connectivity index (χ3n) is 2.23. The van der Waals surface area contributed by atoms with Gasteiger partial charge in [-0.1, -0.05) is 6.08 Å². The highest BCUT2D eigenvalue weighted by Crippen LogP contribution is 2.28. The Balaban J connectivity index is 2.17. The zero-order chi connectivity index (χ0) is 8.39. The molecule has 0 aromatic rings. The third kappa shape index (κ3) is 1.52. The van der Waals surface area contributed by atoms with Crippen molar-refractivity contribution in [3.05, 3.63) is 22.6 Å². The Hall–Kier alpha value is -0.410. The SMILES string of the molecule is O=S1OCC=C1C1=CCCCC1. The normalized spacial score (nSPS) is 29.8. The molecule has 12 heavy (non-hydrogen) atoms. The Morgan fingerprint density at radius 1 is 1.33 bits per heavy atom. The van der Waals surface area contributed by atoms with E-state index in [2.05, 4.69) is 6.08 Å². The summed E-state index contributed by atoms with van der Waals surface area (Å²) in [6.07, 6.45) is 8.82. The maximum Gasteiger partial charge on any atom is 0.189 e. The molecule has 1 unspecified atom stereocenters. The molecule has 0 saturated carbocycles. The first-order valence-corrected chi connectivity index (χ1v) is 5.40. The second-order valence-corrected chi connectivity index (χ2v) is 4.21. The van der Waals surface area contributed by atoms with Crippen LogP contribution >= 0.6 is 0 Å². The van der Waals surface area contributed by atoms with Crippen LogP contribution in [-0.4, -0.2) is 10.8 Å². The van der Waals surface area contributed by atoms with Crippen LogP contribution in [-0.2, 0) is 15.3 Å². The van der Waals surface area contributed by atoms with Gasteiger partial charge in [0.05, 0.1) is 11.5 Å². The van der Waals surface area contributed by atoms with Gasteiger partial charge in [-0.3, -0.25) is 4.18 Å². The average molecular weight is 184 g/mol. The summed E-state index contributed by atoms with van der Waals surface area (Å²) >= 11 is -1.17. The number of allylic oxidation sites excluding steroid dienone is 2. The van der Waals surface area contributed by atoms with E-state index < -0.39 is 11.1 Å². The molecule has 66 valence electrons. The summed E-state index contributed by atoms with van der Waals surface area (Å²) in [6.45, 7) is 0.513. The quantitative estimate of drug-likeness (QED) is 0.623. The summed E-state index contributed by atoms with van der Waals surface area (Å²) in [6, 6.07) is 0. The first-order valence-electron chi connectivity index (χ1n) is 4.32. The molecule has 0 aromatic heterocycles. The van der Waals surface area contributed by atoms with E-state index >= 15 is 0 Å². The summed E-state index contributed by atoms with van der Waals surface area (Å²) in [5, 5.41) is 0. The minimum absolute atomic E-state index is 0.513. The van der Waals surface area contributed by atoms with Crippen LogP contribution in [0.2, 0.25) is 0 Å². The van der Waals surface area contributed by atoms with Crippen molar-refractivity contribution < 1.29 is 8.39 Å². The minimum atomic E-state index is -1.17. The maximum absolute atomic E-state index is 11.3. The summed E-state index contributed by atoms with van der Waals surface area (Å²) in [5.41, 5.74) is 1.25. The molecule has 1 aliphatic heterocycles. The summed E-state index contributed by atoms with van der Waals surface area (Å²) in [4.78, 5) is 0.926. The first kappa shape index (κ1) is 8.20. The Morgan fingerprint density at radius 3 is 2.83 bits per heavy atom. The third-order valence-corrected chi connectivity index (χ3v) is 3.37. The summed E-state index contributed by atoms with van der Waals surface area (Å²) < 4.78 is 16.2. The maximum atomic E-state index is 11.3. The highest BCUT2D eigenvalue weighted by Gasteiger charge is 2.19. The van der Waals surface area contributed by atoms with Gasteiger partial charge in [0.15, 0.2) is 11.1 Å². The summed E-state index contributed by atoms with van der Waals surface area (Å²) in [5.74, 6) is 0. The Bertz CT molecular complexity index is 266. The van der Waals surface area contributed by atoms with Gasteiger partial charge in [-0.05, 0) is 37.3 Å². The topological polar surface area (TPSA) is 26.3 Å². The van der Waals surface area contributed by atoms with Gasteiger partial charge in [-0.15, -0.1) is 0 Å². The molecular weight excluding hydrogens is 172 g/mol. The van der Waals surface area contributed by atoms with E-state index in [4.69, 9.17) is 4.18 Å². The van der Waals surface area contributed by atoms with Gasteiger partial charge < -0.3 is 0 Å². The smallest absolute Gasteiger partial charge is 0.189 e. The van der Waals surface area contributed by atoms with E-state index in [9.17, 15) is 4.21 Å². The lowest BCUT2D eigenvalue weighted by Crippen LogP contribution is -1.98. The van der Waals surface area contributed by atoms with E-state index in [0.717, 1.165) is 17.7 Å². The fourth-order valence-corrected chi connectivity index (χ4v) is 2.53. The molecule has 0 N–H and O–H groups in total. The molecule has 0 radical (unpaired) electrons. The van der Waals surface area contributed by atoms with Gasteiger partial charge in [0.2, 0.25) is 0 Å². The van der Waals surface area contributed by atoms with E-state index in [1.807, 2.05) is 6.08 Å². The Morgan fingerprint density at radius 2 is 2.25 bits per heavy atom. The molecule has 2 rings (SSSR count). The van der Waals surface area contributed by atoms with Crippen LogP contribution in [0.15, 0.2) is 22.6 Å². The van der Waals surface area contributed by atoms with Crippen molar-refractivity contribution in [1.29, 1.82) is 0 Å². The number of hydrogen-bond acceptors (Lipinski definition) is 2. The van der Waals surface area contributed by atoms with E-state index in [-0.39, 0.29) is 0 Å². The van der Waals surface area contributed by atoms with Crippen molar-refractivity contribution >= 4 is 11.1 Å². The van der Waals surface area contributed by atoms with Gasteiger partial charge in [-0.25, -0.2) is 4.21 Å². The Kier molecular flexibility index (Phi) is 2.42. The second-order valence-electron chi connectivity index (χ2n) is 3.06. The summed E-state index contributed by atoms with van der Waals surface area (Å²) in [7, 11) is 0. The number of hydrogen-bond donors (Lipinski definition) is 0. The minimum Gasteiger partial charge on any atom is -0.282 e. The van der Waals surface area contributed by atoms with Crippen molar-refractivity contribution in [2.45, 2.75) is 25.7 Å². The molecule has 0 bridgehead atoms. The molecule has 1 aliphatic carbocycles. The van der Waals surface area contributed by atoms with Gasteiger partial charge in [0.25, 0.3) is 0 Å². The van der Waals surface area contributed by atoms with Crippen molar-refractivity contribution in [2.75, 3.05) is 6.61 Å². The first-order chi connectivity index (χ1) is 5.88. The molecule has 2 nitrogen and oxygen atoms in total. The van der Waals surface area contributed by atoms with Crippen molar-refractivity contribution in [1.82, 2.24) is 0 Å². The standard InChI is InChI=1S/C9H12O2S/c10-12-9(6-7-11-12)8-4-2-1-3-5-8/h4,6H,1-3,5,7H2. The van der Waals surface area contributed by atoms with Crippen LogP contribution in [0.1, 0.15) is 25.7 Å². The largest absolute Gasteiger partial charge is 0.282 e. The molecule has 0 amide bonds. The van der Waals surface area contributed by atoms with Crippen LogP contribution in [0.3, 0.4) is 0 Å². The van der Waals surface area contributed by atoms with Gasteiger partial charge in [-0.2, -0.15) is 0 Å². The monoisotopic (exact) mass is 184 g/mol. The van der Waals surface area contributed by atoms with E-state index in [1.54, 1.807) is 0 Å². The zero-order valence-corrected chi connectivity index (χ0v) is 7.73. The lowest BCUT2D eigenvalue weighted by atomic mass is 9.99. The zero-order valence-electron chi connectivity index (χ0n) is 6.91. The molecule has 0 fully saturated rings. The van der Waals surface area contributed by atoms with Crippen LogP contribution in [0.25, 0.3) is 0 Å². The molecule has 0 saturated heterocycles. The Labute approximate surface area is 75.0 Å². The predicted octanol–water partition coefficient (Wildman–Crippen LogP) is 2.06. The van der Waals surface area contributed by atoms with Crippen LogP contribution in [0.4, 0.5) is 0 Å². The predicted molar refractivity (Wildman–Crippen MR) is 48.7 cm³/mol. The van der Waals surface area contributed by atoms with E-state index in [0.29, 0.717) is 6.61 Å². The second kappa shape index (κ2) is 3.54. The fourth-order valence-electron chi connectivity index (χ4n) is 1.60. The van der Waals surface area contributed by atoms with Crippen LogP contribution < -0.4 is 0 Å². The van der Waals surface area contributed by atoms with Gasteiger partial charge in [0, 0.05) is 0 Å². The molecular formula is C9H12O2S. The molecule has 3 heteroatoms. The van der Waals surface area contributed by atoms with Gasteiger partial charge >= 0.3 is 0 Å². The molecule has 1 heterocycles. The highest BCUT2D eigenvalue weighted by molar-refractivity contribution is 7.84. The lowest BCUT2D eigenvalue weighted by molar-refractivity contribution is 0.410. The molecule has 0 spiro atoms. The highest BCUT2D eigenvalue weighted by atomic mass is 32.2. The average Bonchev–Trinajstić information content (AvgIpc) is 2.53. The van der Waals surface area contributed by atoms with Crippen LogP contribution in [0.5, 0.6) is 0 Å². The van der Waals surface area contributed by atoms with Crippen molar-refractivity contribution in [2.24, 2.45) is 0 Å². The van der Waals surface area contributed by atoms with Gasteiger partial charge in [0.1, 0.15) is 0 Å². The lowest BCUT2D eigenvalue weighted by Gasteiger charge is -2.11. The number of rotatable bonds is 1. The van der Waals surface area contributed by atoms with E-state index in [1.165, 1.54) is 18.4 Å². The molecule has 0 aromatic carbocycles. The molecule has 1 atom stereocenters. The van der Waals surface area contributed by atoms with Crippen molar-refractivity contribution in [3.8, 4) is 0 Å². The van der Waals surface area contributed by atoms with Crippen molar-refractivity contribution in [3.63, 3.8) is 0 Å².